The van der Waals surface area contributed by atoms with E-state index >= 15 is 0 Å². The van der Waals surface area contributed by atoms with E-state index in [9.17, 15) is 13.2 Å². The summed E-state index contributed by atoms with van der Waals surface area (Å²) in [5, 5.41) is 0. The Labute approximate surface area is 158 Å². The van der Waals surface area contributed by atoms with Gasteiger partial charge in [-0.25, -0.2) is 8.42 Å². The molecule has 0 bridgehead atoms. The van der Waals surface area contributed by atoms with Crippen molar-refractivity contribution < 1.29 is 22.7 Å². The molecule has 0 saturated carbocycles. The molecule has 7 heteroatoms. The molecule has 2 aliphatic rings. The largest absolute Gasteiger partial charge is 0.485 e. The zero-order valence-electron chi connectivity index (χ0n) is 14.8. The van der Waals surface area contributed by atoms with Gasteiger partial charge in [-0.2, -0.15) is 0 Å². The number of amides is 1. The van der Waals surface area contributed by atoms with Gasteiger partial charge in [0.1, 0.15) is 6.61 Å². The number of fused-ring (bicyclic) bond motifs is 1. The van der Waals surface area contributed by atoms with Crippen molar-refractivity contribution in [2.45, 2.75) is 25.1 Å². The monoisotopic (exact) mass is 387 g/mol. The fraction of sp³-hybridized carbons (Fsp3) is 0.350. The van der Waals surface area contributed by atoms with E-state index in [0.717, 1.165) is 5.56 Å². The quantitative estimate of drug-likeness (QED) is 0.803. The summed E-state index contributed by atoms with van der Waals surface area (Å²) in [7, 11) is -3.11. The van der Waals surface area contributed by atoms with E-state index in [1.165, 1.54) is 0 Å². The van der Waals surface area contributed by atoms with E-state index in [1.54, 1.807) is 17.0 Å². The van der Waals surface area contributed by atoms with Crippen LogP contribution in [0, 0.1) is 0 Å². The molecule has 0 unspecified atom stereocenters. The van der Waals surface area contributed by atoms with Crippen LogP contribution in [0.4, 0.5) is 0 Å². The summed E-state index contributed by atoms with van der Waals surface area (Å²) < 4.78 is 35.5. The molecule has 0 radical (unpaired) electrons. The lowest BCUT2D eigenvalue weighted by Gasteiger charge is -2.34. The van der Waals surface area contributed by atoms with Crippen LogP contribution in [0.25, 0.3) is 0 Å². The van der Waals surface area contributed by atoms with Crippen molar-refractivity contribution in [3.8, 4) is 11.5 Å². The molecule has 2 aromatic carbocycles. The summed E-state index contributed by atoms with van der Waals surface area (Å²) in [5.74, 6) is 1.01. The number of para-hydroxylation sites is 2. The van der Waals surface area contributed by atoms with E-state index in [4.69, 9.17) is 9.47 Å². The zero-order valence-corrected chi connectivity index (χ0v) is 15.6. The molecule has 6 nitrogen and oxygen atoms in total. The highest BCUT2D eigenvalue weighted by molar-refractivity contribution is 7.91. The van der Waals surface area contributed by atoms with E-state index in [2.05, 4.69) is 0 Å². The minimum Gasteiger partial charge on any atom is -0.485 e. The van der Waals surface area contributed by atoms with Crippen LogP contribution in [0.1, 0.15) is 12.0 Å². The van der Waals surface area contributed by atoms with Crippen molar-refractivity contribution in [2.75, 3.05) is 18.1 Å². The second-order valence-corrected chi connectivity index (χ2v) is 9.10. The predicted octanol–water partition coefficient (Wildman–Crippen LogP) is 2.04. The molecule has 1 fully saturated rings. The maximum absolute atomic E-state index is 13.2. The van der Waals surface area contributed by atoms with Crippen molar-refractivity contribution in [3.63, 3.8) is 0 Å². The van der Waals surface area contributed by atoms with Gasteiger partial charge in [-0.05, 0) is 24.1 Å². The number of hydrogen-bond acceptors (Lipinski definition) is 5. The molecule has 0 N–H and O–H groups in total. The molecule has 2 aliphatic heterocycles. The third-order valence-corrected chi connectivity index (χ3v) is 6.66. The second kappa shape index (κ2) is 7.23. The Hall–Kier alpha value is -2.54. The standard InChI is InChI=1S/C20H21NO5S/c22-20(19-13-25-17-8-4-5-9-18(17)26-19)21(12-15-6-2-1-3-7-15)16-10-11-27(23,24)14-16/h1-9,16,19H,10-14H2/t16-,19+/m1/s1. The molecule has 142 valence electrons. The molecule has 2 heterocycles. The van der Waals surface area contributed by atoms with Gasteiger partial charge in [-0.15, -0.1) is 0 Å². The van der Waals surface area contributed by atoms with Crippen molar-refractivity contribution in [2.24, 2.45) is 0 Å². The highest BCUT2D eigenvalue weighted by Crippen LogP contribution is 2.32. The number of rotatable bonds is 4. The van der Waals surface area contributed by atoms with Gasteiger partial charge in [0, 0.05) is 12.6 Å². The molecule has 2 aromatic rings. The Morgan fingerprint density at radius 3 is 2.44 bits per heavy atom. The van der Waals surface area contributed by atoms with Crippen LogP contribution in [0.15, 0.2) is 54.6 Å². The Kier molecular flexibility index (Phi) is 4.78. The first kappa shape index (κ1) is 17.9. The zero-order chi connectivity index (χ0) is 18.9. The Bertz CT molecular complexity index is 928. The minimum atomic E-state index is -3.11. The molecule has 2 atom stereocenters. The first-order valence-corrected chi connectivity index (χ1v) is 10.8. The van der Waals surface area contributed by atoms with Crippen LogP contribution in [0.5, 0.6) is 11.5 Å². The van der Waals surface area contributed by atoms with Crippen molar-refractivity contribution in [1.82, 2.24) is 4.90 Å². The van der Waals surface area contributed by atoms with E-state index < -0.39 is 15.9 Å². The van der Waals surface area contributed by atoms with Crippen LogP contribution in [0.2, 0.25) is 0 Å². The van der Waals surface area contributed by atoms with Gasteiger partial charge in [0.25, 0.3) is 5.91 Å². The van der Waals surface area contributed by atoms with Crippen LogP contribution in [-0.4, -0.2) is 49.5 Å². The van der Waals surface area contributed by atoms with Crippen LogP contribution in [-0.2, 0) is 21.2 Å². The summed E-state index contributed by atoms with van der Waals surface area (Å²) >= 11 is 0. The maximum atomic E-state index is 13.2. The number of carbonyl (C=O) groups is 1. The average molecular weight is 387 g/mol. The lowest BCUT2D eigenvalue weighted by Crippen LogP contribution is -2.50. The molecule has 27 heavy (non-hydrogen) atoms. The third kappa shape index (κ3) is 3.93. The van der Waals surface area contributed by atoms with Gasteiger partial charge in [-0.3, -0.25) is 4.79 Å². The number of benzene rings is 2. The van der Waals surface area contributed by atoms with E-state index in [-0.39, 0.29) is 30.1 Å². The average Bonchev–Trinajstić information content (AvgIpc) is 3.05. The van der Waals surface area contributed by atoms with Gasteiger partial charge in [0.15, 0.2) is 21.3 Å². The fourth-order valence-electron chi connectivity index (χ4n) is 3.51. The highest BCUT2D eigenvalue weighted by Gasteiger charge is 2.39. The first-order chi connectivity index (χ1) is 13.0. The fourth-order valence-corrected chi connectivity index (χ4v) is 5.25. The molecular formula is C20H21NO5S. The second-order valence-electron chi connectivity index (χ2n) is 6.87. The summed E-state index contributed by atoms with van der Waals surface area (Å²) in [6.45, 7) is 0.460. The highest BCUT2D eigenvalue weighted by atomic mass is 32.2. The number of sulfone groups is 1. The number of nitrogens with zero attached hydrogens (tertiary/aromatic N) is 1. The predicted molar refractivity (Wildman–Crippen MR) is 100 cm³/mol. The van der Waals surface area contributed by atoms with Crippen LogP contribution in [0.3, 0.4) is 0 Å². The number of hydrogen-bond donors (Lipinski definition) is 0. The molecule has 1 amide bonds. The topological polar surface area (TPSA) is 72.9 Å². The maximum Gasteiger partial charge on any atom is 0.267 e. The third-order valence-electron chi connectivity index (χ3n) is 4.91. The van der Waals surface area contributed by atoms with E-state index in [1.807, 2.05) is 42.5 Å². The molecule has 4 rings (SSSR count). The van der Waals surface area contributed by atoms with Crippen molar-refractivity contribution in [1.29, 1.82) is 0 Å². The minimum absolute atomic E-state index is 0.00423. The number of ether oxygens (including phenoxy) is 2. The van der Waals surface area contributed by atoms with Gasteiger partial charge in [0.05, 0.1) is 11.5 Å². The van der Waals surface area contributed by atoms with Crippen LogP contribution >= 0.6 is 0 Å². The Balaban J connectivity index is 1.57. The van der Waals surface area contributed by atoms with E-state index in [0.29, 0.717) is 24.5 Å². The SMILES string of the molecule is O=C([C@@H]1COc2ccccc2O1)N(Cc1ccccc1)[C@@H]1CCS(=O)(=O)C1. The van der Waals surface area contributed by atoms with Gasteiger partial charge in [-0.1, -0.05) is 42.5 Å². The molecular weight excluding hydrogens is 366 g/mol. The van der Waals surface area contributed by atoms with Crippen LogP contribution < -0.4 is 9.47 Å². The lowest BCUT2D eigenvalue weighted by molar-refractivity contribution is -0.143. The molecule has 1 saturated heterocycles. The summed E-state index contributed by atoms with van der Waals surface area (Å²) in [5.41, 5.74) is 0.951. The number of carbonyl (C=O) groups excluding carboxylic acids is 1. The van der Waals surface area contributed by atoms with Gasteiger partial charge >= 0.3 is 0 Å². The lowest BCUT2D eigenvalue weighted by atomic mass is 10.1. The normalized spacial score (nSPS) is 23.0. The Morgan fingerprint density at radius 1 is 1.04 bits per heavy atom. The van der Waals surface area contributed by atoms with Crippen molar-refractivity contribution in [3.05, 3.63) is 60.2 Å². The molecule has 0 aliphatic carbocycles. The molecule has 0 spiro atoms. The smallest absolute Gasteiger partial charge is 0.267 e. The molecule has 0 aromatic heterocycles. The summed E-state index contributed by atoms with van der Waals surface area (Å²) in [6.07, 6.45) is -0.336. The van der Waals surface area contributed by atoms with Gasteiger partial charge in [0.2, 0.25) is 6.10 Å². The van der Waals surface area contributed by atoms with Crippen molar-refractivity contribution >= 4 is 15.7 Å². The summed E-state index contributed by atoms with van der Waals surface area (Å²) in [4.78, 5) is 14.9. The van der Waals surface area contributed by atoms with Gasteiger partial charge < -0.3 is 14.4 Å². The first-order valence-electron chi connectivity index (χ1n) is 8.95. The summed E-state index contributed by atoms with van der Waals surface area (Å²) in [6, 6.07) is 16.4. The Morgan fingerprint density at radius 2 is 1.74 bits per heavy atom.